The Labute approximate surface area is 88.3 Å². The highest BCUT2D eigenvalue weighted by Crippen LogP contribution is 2.20. The maximum atomic E-state index is 10.8. The Balaban J connectivity index is 3.66. The first-order valence-corrected chi connectivity index (χ1v) is 5.91. The van der Waals surface area contributed by atoms with Crippen molar-refractivity contribution in [3.63, 3.8) is 0 Å². The quantitative estimate of drug-likeness (QED) is 0.641. The predicted molar refractivity (Wildman–Crippen MR) is 60.9 cm³/mol. The Kier molecular flexibility index (Phi) is 7.54. The molecule has 0 spiro atoms. The van der Waals surface area contributed by atoms with Gasteiger partial charge in [0.1, 0.15) is 0 Å². The van der Waals surface area contributed by atoms with Gasteiger partial charge >= 0.3 is 0 Å². The summed E-state index contributed by atoms with van der Waals surface area (Å²) < 4.78 is 0. The standard InChI is InChI=1S/C12H25NO/c1-4-6-7-11(5-2)9-8-10(3)12(13)14/h10-11H,4-9H2,1-3H3,(H2,13,14). The van der Waals surface area contributed by atoms with E-state index in [1.165, 1.54) is 25.7 Å². The molecule has 2 heteroatoms. The highest BCUT2D eigenvalue weighted by atomic mass is 16.1. The Morgan fingerprint density at radius 2 is 1.86 bits per heavy atom. The first-order valence-electron chi connectivity index (χ1n) is 5.91. The van der Waals surface area contributed by atoms with E-state index in [9.17, 15) is 4.79 Å². The molecule has 2 N–H and O–H groups in total. The molecule has 0 aliphatic rings. The molecule has 1 amide bonds. The number of hydrogen-bond acceptors (Lipinski definition) is 1. The molecule has 0 saturated heterocycles. The van der Waals surface area contributed by atoms with Crippen molar-refractivity contribution in [2.75, 3.05) is 0 Å². The third-order valence-corrected chi connectivity index (χ3v) is 3.04. The number of unbranched alkanes of at least 4 members (excludes halogenated alkanes) is 1. The molecule has 14 heavy (non-hydrogen) atoms. The molecule has 0 aliphatic heterocycles. The minimum absolute atomic E-state index is 0.0469. The summed E-state index contributed by atoms with van der Waals surface area (Å²) in [5.74, 6) is 0.678. The van der Waals surface area contributed by atoms with E-state index in [-0.39, 0.29) is 11.8 Å². The molecule has 0 aliphatic carbocycles. The monoisotopic (exact) mass is 199 g/mol. The summed E-state index contributed by atoms with van der Waals surface area (Å²) in [5.41, 5.74) is 5.22. The van der Waals surface area contributed by atoms with E-state index in [4.69, 9.17) is 5.73 Å². The molecule has 2 nitrogen and oxygen atoms in total. The zero-order valence-electron chi connectivity index (χ0n) is 9.88. The van der Waals surface area contributed by atoms with Gasteiger partial charge in [0.2, 0.25) is 5.91 Å². The second kappa shape index (κ2) is 7.84. The van der Waals surface area contributed by atoms with Crippen LogP contribution in [0.15, 0.2) is 0 Å². The maximum Gasteiger partial charge on any atom is 0.220 e. The Bertz CT molecular complexity index is 156. The zero-order chi connectivity index (χ0) is 11.0. The highest BCUT2D eigenvalue weighted by Gasteiger charge is 2.12. The van der Waals surface area contributed by atoms with E-state index in [0.717, 1.165) is 18.8 Å². The molecule has 0 aromatic carbocycles. The van der Waals surface area contributed by atoms with E-state index >= 15 is 0 Å². The molecule has 0 fully saturated rings. The van der Waals surface area contributed by atoms with Crippen LogP contribution in [-0.2, 0) is 4.79 Å². The molecule has 2 unspecified atom stereocenters. The molecule has 0 aromatic rings. The summed E-state index contributed by atoms with van der Waals surface area (Å²) in [5, 5.41) is 0. The van der Waals surface area contributed by atoms with Crippen LogP contribution >= 0.6 is 0 Å². The lowest BCUT2D eigenvalue weighted by Crippen LogP contribution is -2.21. The van der Waals surface area contributed by atoms with Crippen molar-refractivity contribution in [3.8, 4) is 0 Å². The summed E-state index contributed by atoms with van der Waals surface area (Å²) >= 11 is 0. The Hall–Kier alpha value is -0.530. The molecule has 84 valence electrons. The van der Waals surface area contributed by atoms with Gasteiger partial charge in [-0.1, -0.05) is 46.5 Å². The van der Waals surface area contributed by atoms with Gasteiger partial charge in [0.25, 0.3) is 0 Å². The van der Waals surface area contributed by atoms with E-state index < -0.39 is 0 Å². The summed E-state index contributed by atoms with van der Waals surface area (Å²) in [4.78, 5) is 10.8. The van der Waals surface area contributed by atoms with Gasteiger partial charge in [-0.25, -0.2) is 0 Å². The average Bonchev–Trinajstić information content (AvgIpc) is 2.17. The second-order valence-electron chi connectivity index (χ2n) is 4.30. The van der Waals surface area contributed by atoms with E-state index in [2.05, 4.69) is 13.8 Å². The summed E-state index contributed by atoms with van der Waals surface area (Å²) in [7, 11) is 0. The van der Waals surface area contributed by atoms with Crippen molar-refractivity contribution >= 4 is 5.91 Å². The van der Waals surface area contributed by atoms with Gasteiger partial charge < -0.3 is 5.73 Å². The zero-order valence-corrected chi connectivity index (χ0v) is 9.88. The number of carbonyl (C=O) groups is 1. The number of carbonyl (C=O) groups excluding carboxylic acids is 1. The van der Waals surface area contributed by atoms with Gasteiger partial charge in [0.05, 0.1) is 0 Å². The third kappa shape index (κ3) is 6.01. The minimum Gasteiger partial charge on any atom is -0.369 e. The Morgan fingerprint density at radius 3 is 2.29 bits per heavy atom. The number of primary amides is 1. The van der Waals surface area contributed by atoms with Crippen molar-refractivity contribution in [2.45, 2.75) is 59.3 Å². The molecule has 0 rings (SSSR count). The van der Waals surface area contributed by atoms with Crippen LogP contribution in [0.2, 0.25) is 0 Å². The second-order valence-corrected chi connectivity index (χ2v) is 4.30. The largest absolute Gasteiger partial charge is 0.369 e. The number of rotatable bonds is 8. The van der Waals surface area contributed by atoms with Crippen LogP contribution in [0, 0.1) is 11.8 Å². The molecule has 0 saturated carbocycles. The SMILES string of the molecule is CCCCC(CC)CCC(C)C(N)=O. The van der Waals surface area contributed by atoms with Gasteiger partial charge in [-0.15, -0.1) is 0 Å². The van der Waals surface area contributed by atoms with Gasteiger partial charge in [-0.3, -0.25) is 4.79 Å². The van der Waals surface area contributed by atoms with Crippen LogP contribution in [0.1, 0.15) is 59.3 Å². The number of amides is 1. The van der Waals surface area contributed by atoms with E-state index in [0.29, 0.717) is 0 Å². The van der Waals surface area contributed by atoms with Crippen molar-refractivity contribution in [3.05, 3.63) is 0 Å². The molecular formula is C12H25NO. The minimum atomic E-state index is -0.157. The first-order chi connectivity index (χ1) is 6.61. The van der Waals surface area contributed by atoms with Gasteiger partial charge in [0.15, 0.2) is 0 Å². The maximum absolute atomic E-state index is 10.8. The molecular weight excluding hydrogens is 174 g/mol. The summed E-state index contributed by atoms with van der Waals surface area (Å²) in [6.07, 6.45) is 7.22. The normalized spacial score (nSPS) is 15.1. The van der Waals surface area contributed by atoms with Crippen LogP contribution in [-0.4, -0.2) is 5.91 Å². The lowest BCUT2D eigenvalue weighted by atomic mass is 9.91. The molecule has 0 bridgehead atoms. The van der Waals surface area contributed by atoms with Crippen molar-refractivity contribution < 1.29 is 4.79 Å². The van der Waals surface area contributed by atoms with Crippen LogP contribution in [0.25, 0.3) is 0 Å². The van der Waals surface area contributed by atoms with Crippen molar-refractivity contribution in [1.82, 2.24) is 0 Å². The first kappa shape index (κ1) is 13.5. The fraction of sp³-hybridized carbons (Fsp3) is 0.917. The Morgan fingerprint density at radius 1 is 1.21 bits per heavy atom. The summed E-state index contributed by atoms with van der Waals surface area (Å²) in [6.45, 7) is 6.38. The highest BCUT2D eigenvalue weighted by molar-refractivity contribution is 5.76. The van der Waals surface area contributed by atoms with Crippen LogP contribution < -0.4 is 5.73 Å². The fourth-order valence-corrected chi connectivity index (χ4v) is 1.67. The third-order valence-electron chi connectivity index (χ3n) is 3.04. The fourth-order valence-electron chi connectivity index (χ4n) is 1.67. The van der Waals surface area contributed by atoms with Crippen LogP contribution in [0.4, 0.5) is 0 Å². The molecule has 0 aromatic heterocycles. The topological polar surface area (TPSA) is 43.1 Å². The van der Waals surface area contributed by atoms with Gasteiger partial charge in [-0.2, -0.15) is 0 Å². The smallest absolute Gasteiger partial charge is 0.220 e. The lowest BCUT2D eigenvalue weighted by molar-refractivity contribution is -0.121. The summed E-state index contributed by atoms with van der Waals surface area (Å²) in [6, 6.07) is 0. The molecule has 0 radical (unpaired) electrons. The van der Waals surface area contributed by atoms with Crippen molar-refractivity contribution in [1.29, 1.82) is 0 Å². The predicted octanol–water partition coefficient (Wildman–Crippen LogP) is 3.10. The molecule has 2 atom stereocenters. The van der Waals surface area contributed by atoms with Crippen LogP contribution in [0.5, 0.6) is 0 Å². The van der Waals surface area contributed by atoms with Crippen LogP contribution in [0.3, 0.4) is 0 Å². The number of nitrogens with two attached hydrogens (primary N) is 1. The lowest BCUT2D eigenvalue weighted by Gasteiger charge is -2.15. The average molecular weight is 199 g/mol. The van der Waals surface area contributed by atoms with Gasteiger partial charge in [-0.05, 0) is 18.8 Å². The van der Waals surface area contributed by atoms with E-state index in [1.807, 2.05) is 6.92 Å². The van der Waals surface area contributed by atoms with Gasteiger partial charge in [0, 0.05) is 5.92 Å². The number of hydrogen-bond donors (Lipinski definition) is 1. The van der Waals surface area contributed by atoms with Crippen molar-refractivity contribution in [2.24, 2.45) is 17.6 Å². The van der Waals surface area contributed by atoms with E-state index in [1.54, 1.807) is 0 Å². The molecule has 0 heterocycles.